The Morgan fingerprint density at radius 1 is 1.20 bits per heavy atom. The number of alkyl halides is 3. The topological polar surface area (TPSA) is 96.2 Å². The van der Waals surface area contributed by atoms with Crippen LogP contribution in [0.25, 0.3) is 0 Å². The Balaban J connectivity index is 1.82. The summed E-state index contributed by atoms with van der Waals surface area (Å²) in [4.78, 5) is 11.5. The molecule has 1 aliphatic rings. The molecule has 0 bridgehead atoms. The largest absolute Gasteiger partial charge is 0.491 e. The first-order valence-electron chi connectivity index (χ1n) is 11.8. The molecule has 6 nitrogen and oxygen atoms in total. The SMILES string of the molecule is CC(C)OC(=O)CCC/C=C/CC1C(O)CC(O)C1/C=C/C(O)COc1cccc(C(F)(F)F)c1. The van der Waals surface area contributed by atoms with E-state index >= 15 is 0 Å². The highest BCUT2D eigenvalue weighted by Gasteiger charge is 2.39. The van der Waals surface area contributed by atoms with Gasteiger partial charge in [-0.1, -0.05) is 30.4 Å². The highest BCUT2D eigenvalue weighted by Crippen LogP contribution is 2.36. The van der Waals surface area contributed by atoms with E-state index in [0.717, 1.165) is 12.1 Å². The van der Waals surface area contributed by atoms with Gasteiger partial charge in [0.2, 0.25) is 0 Å². The van der Waals surface area contributed by atoms with Crippen molar-refractivity contribution in [3.8, 4) is 5.75 Å². The van der Waals surface area contributed by atoms with Gasteiger partial charge in [-0.15, -0.1) is 0 Å². The molecular formula is C26H35F3O6. The summed E-state index contributed by atoms with van der Waals surface area (Å²) in [7, 11) is 0. The second-order valence-corrected chi connectivity index (χ2v) is 9.04. The molecule has 5 atom stereocenters. The van der Waals surface area contributed by atoms with E-state index in [0.29, 0.717) is 25.7 Å². The lowest BCUT2D eigenvalue weighted by molar-refractivity contribution is -0.147. The number of unbranched alkanes of at least 4 members (excludes halogenated alkanes) is 1. The molecule has 5 unspecified atom stereocenters. The molecule has 2 rings (SSSR count). The Morgan fingerprint density at radius 3 is 2.63 bits per heavy atom. The third kappa shape index (κ3) is 10.0. The van der Waals surface area contributed by atoms with E-state index in [-0.39, 0.29) is 42.7 Å². The van der Waals surface area contributed by atoms with E-state index in [4.69, 9.17) is 9.47 Å². The van der Waals surface area contributed by atoms with Crippen molar-refractivity contribution >= 4 is 5.97 Å². The van der Waals surface area contributed by atoms with Gasteiger partial charge in [0.15, 0.2) is 0 Å². The molecule has 0 saturated heterocycles. The monoisotopic (exact) mass is 500 g/mol. The van der Waals surface area contributed by atoms with Gasteiger partial charge in [-0.05, 0) is 57.2 Å². The molecule has 1 aromatic rings. The number of carbonyl (C=O) groups excluding carboxylic acids is 1. The summed E-state index contributed by atoms with van der Waals surface area (Å²) >= 11 is 0. The maximum absolute atomic E-state index is 12.8. The summed E-state index contributed by atoms with van der Waals surface area (Å²) < 4.78 is 48.8. The lowest BCUT2D eigenvalue weighted by Crippen LogP contribution is -2.21. The fraction of sp³-hybridized carbons (Fsp3) is 0.577. The number of aliphatic hydroxyl groups is 3. The summed E-state index contributed by atoms with van der Waals surface area (Å²) in [6.07, 6.45) is 2.09. The van der Waals surface area contributed by atoms with E-state index in [9.17, 15) is 33.3 Å². The molecule has 35 heavy (non-hydrogen) atoms. The van der Waals surface area contributed by atoms with Gasteiger partial charge in [-0.3, -0.25) is 4.79 Å². The fourth-order valence-corrected chi connectivity index (χ4v) is 4.02. The van der Waals surface area contributed by atoms with Gasteiger partial charge in [-0.2, -0.15) is 13.2 Å². The van der Waals surface area contributed by atoms with Crippen molar-refractivity contribution in [3.05, 3.63) is 54.1 Å². The third-order valence-corrected chi connectivity index (χ3v) is 5.75. The predicted molar refractivity (Wildman–Crippen MR) is 125 cm³/mol. The van der Waals surface area contributed by atoms with Crippen LogP contribution in [0.5, 0.6) is 5.75 Å². The maximum atomic E-state index is 12.8. The first kappa shape index (κ1) is 28.9. The van der Waals surface area contributed by atoms with Gasteiger partial charge in [-0.25, -0.2) is 0 Å². The standard InChI is InChI=1S/C26H35F3O6/c1-17(2)35-25(33)11-6-4-3-5-10-21-22(24(32)15-23(21)31)13-12-19(30)16-34-20-9-7-8-18(14-20)26(27,28)29/h3,5,7-9,12-14,17,19,21-24,30-32H,4,6,10-11,15-16H2,1-2H3/b5-3+,13-12+. The summed E-state index contributed by atoms with van der Waals surface area (Å²) in [6.45, 7) is 3.34. The van der Waals surface area contributed by atoms with Crippen LogP contribution in [0.4, 0.5) is 13.2 Å². The Labute approximate surface area is 204 Å². The number of hydrogen-bond acceptors (Lipinski definition) is 6. The Morgan fingerprint density at radius 2 is 1.94 bits per heavy atom. The van der Waals surface area contributed by atoms with Gasteiger partial charge in [0.25, 0.3) is 0 Å². The molecule has 0 radical (unpaired) electrons. The van der Waals surface area contributed by atoms with Crippen LogP contribution in [-0.2, 0) is 15.7 Å². The van der Waals surface area contributed by atoms with Gasteiger partial charge < -0.3 is 24.8 Å². The normalized spacial score (nSPS) is 23.9. The van der Waals surface area contributed by atoms with Gasteiger partial charge in [0.1, 0.15) is 18.5 Å². The maximum Gasteiger partial charge on any atom is 0.416 e. The molecule has 1 saturated carbocycles. The summed E-state index contributed by atoms with van der Waals surface area (Å²) in [5.74, 6) is -0.883. The highest BCUT2D eigenvalue weighted by molar-refractivity contribution is 5.69. The first-order chi connectivity index (χ1) is 16.5. The molecule has 3 N–H and O–H groups in total. The molecule has 0 aliphatic heterocycles. The quantitative estimate of drug-likeness (QED) is 0.223. The van der Waals surface area contributed by atoms with Crippen molar-refractivity contribution < 1.29 is 42.8 Å². The molecule has 196 valence electrons. The molecule has 0 aromatic heterocycles. The fourth-order valence-electron chi connectivity index (χ4n) is 4.02. The Hall–Kier alpha value is -2.36. The van der Waals surface area contributed by atoms with Crippen LogP contribution in [0.3, 0.4) is 0 Å². The zero-order chi connectivity index (χ0) is 26.0. The lowest BCUT2D eigenvalue weighted by Gasteiger charge is -2.19. The average Bonchev–Trinajstić information content (AvgIpc) is 3.04. The number of ether oxygens (including phenoxy) is 2. The molecule has 1 aromatic carbocycles. The minimum absolute atomic E-state index is 0.0101. The van der Waals surface area contributed by atoms with Crippen LogP contribution in [0.2, 0.25) is 0 Å². The predicted octanol–water partition coefficient (Wildman–Crippen LogP) is 4.43. The molecule has 1 aliphatic carbocycles. The van der Waals surface area contributed by atoms with Crippen LogP contribution < -0.4 is 4.74 Å². The highest BCUT2D eigenvalue weighted by atomic mass is 19.4. The number of benzene rings is 1. The van der Waals surface area contributed by atoms with Crippen LogP contribution >= 0.6 is 0 Å². The number of aliphatic hydroxyl groups excluding tert-OH is 3. The number of halogens is 3. The van der Waals surface area contributed by atoms with Crippen LogP contribution in [0.1, 0.15) is 51.5 Å². The number of hydrogen-bond donors (Lipinski definition) is 3. The van der Waals surface area contributed by atoms with Gasteiger partial charge in [0, 0.05) is 18.8 Å². The molecule has 0 spiro atoms. The number of rotatable bonds is 12. The Bertz CT molecular complexity index is 852. The molecular weight excluding hydrogens is 465 g/mol. The zero-order valence-corrected chi connectivity index (χ0v) is 20.0. The second-order valence-electron chi connectivity index (χ2n) is 9.04. The van der Waals surface area contributed by atoms with E-state index in [1.165, 1.54) is 18.2 Å². The molecule has 0 heterocycles. The van der Waals surface area contributed by atoms with E-state index < -0.39 is 30.1 Å². The lowest BCUT2D eigenvalue weighted by atomic mass is 9.89. The smallest absolute Gasteiger partial charge is 0.416 e. The second kappa shape index (κ2) is 13.7. The van der Waals surface area contributed by atoms with Crippen LogP contribution in [-0.4, -0.2) is 52.3 Å². The van der Waals surface area contributed by atoms with Crippen LogP contribution in [0.15, 0.2) is 48.6 Å². The number of esters is 1. The zero-order valence-electron chi connectivity index (χ0n) is 20.0. The van der Waals surface area contributed by atoms with E-state index in [2.05, 4.69) is 0 Å². The van der Waals surface area contributed by atoms with Crippen molar-refractivity contribution in [2.24, 2.45) is 11.8 Å². The summed E-state index contributed by atoms with van der Waals surface area (Å²) in [6, 6.07) is 4.40. The molecule has 1 fully saturated rings. The van der Waals surface area contributed by atoms with Gasteiger partial charge >= 0.3 is 12.1 Å². The summed E-state index contributed by atoms with van der Waals surface area (Å²) in [5, 5.41) is 30.8. The Kier molecular flexibility index (Phi) is 11.3. The first-order valence-corrected chi connectivity index (χ1v) is 11.8. The van der Waals surface area contributed by atoms with Crippen molar-refractivity contribution in [1.82, 2.24) is 0 Å². The minimum Gasteiger partial charge on any atom is -0.491 e. The van der Waals surface area contributed by atoms with Gasteiger partial charge in [0.05, 0.1) is 23.9 Å². The van der Waals surface area contributed by atoms with Crippen molar-refractivity contribution in [3.63, 3.8) is 0 Å². The summed E-state index contributed by atoms with van der Waals surface area (Å²) in [5.41, 5.74) is -0.838. The van der Waals surface area contributed by atoms with E-state index in [1.807, 2.05) is 12.2 Å². The average molecular weight is 501 g/mol. The van der Waals surface area contributed by atoms with Crippen molar-refractivity contribution in [2.75, 3.05) is 6.61 Å². The van der Waals surface area contributed by atoms with E-state index in [1.54, 1.807) is 19.9 Å². The van der Waals surface area contributed by atoms with Crippen LogP contribution in [0, 0.1) is 11.8 Å². The van der Waals surface area contributed by atoms with Crippen molar-refractivity contribution in [1.29, 1.82) is 0 Å². The minimum atomic E-state index is -4.49. The van der Waals surface area contributed by atoms with Crippen molar-refractivity contribution in [2.45, 2.75) is 76.5 Å². The molecule has 9 heteroatoms. The molecule has 0 amide bonds. The third-order valence-electron chi connectivity index (χ3n) is 5.75. The number of carbonyl (C=O) groups is 1. The number of allylic oxidation sites excluding steroid dienone is 2.